The molecule has 0 amide bonds. The number of pyridine rings is 1. The lowest BCUT2D eigenvalue weighted by atomic mass is 10.1. The fourth-order valence-corrected chi connectivity index (χ4v) is 2.38. The number of nitrogens with two attached hydrogens (primary N) is 1. The number of hydrogen-bond acceptors (Lipinski definition) is 3. The lowest BCUT2D eigenvalue weighted by Crippen LogP contribution is -2.01. The molecule has 3 rings (SSSR count). The van der Waals surface area contributed by atoms with Gasteiger partial charge in [-0.15, -0.1) is 0 Å². The zero-order valence-electron chi connectivity index (χ0n) is 11.6. The lowest BCUT2D eigenvalue weighted by Gasteiger charge is -2.14. The van der Waals surface area contributed by atoms with Gasteiger partial charge in [-0.3, -0.25) is 4.98 Å². The molecule has 3 aromatic rings. The Labute approximate surface area is 128 Å². The molecule has 0 radical (unpaired) electrons. The maximum Gasteiger partial charge on any atom is 0.142 e. The molecule has 0 spiro atoms. The van der Waals surface area contributed by atoms with E-state index in [1.165, 1.54) is 0 Å². The van der Waals surface area contributed by atoms with Crippen LogP contribution >= 0.6 is 11.6 Å². The third kappa shape index (κ3) is 2.71. The predicted molar refractivity (Wildman–Crippen MR) is 85.9 cm³/mol. The molecule has 2 N–H and O–H groups in total. The Morgan fingerprint density at radius 2 is 2.00 bits per heavy atom. The van der Waals surface area contributed by atoms with E-state index >= 15 is 0 Å². The molecule has 0 unspecified atom stereocenters. The highest BCUT2D eigenvalue weighted by atomic mass is 35.5. The van der Waals surface area contributed by atoms with Gasteiger partial charge < -0.3 is 10.5 Å². The first-order valence-electron chi connectivity index (χ1n) is 6.69. The number of rotatable bonds is 3. The van der Waals surface area contributed by atoms with Crippen molar-refractivity contribution in [2.75, 3.05) is 0 Å². The largest absolute Gasteiger partial charge is 0.456 e. The second kappa shape index (κ2) is 5.72. The van der Waals surface area contributed by atoms with Gasteiger partial charge in [-0.25, -0.2) is 0 Å². The van der Waals surface area contributed by atoms with Crippen molar-refractivity contribution in [2.45, 2.75) is 13.5 Å². The molecule has 0 fully saturated rings. The average Bonchev–Trinajstić information content (AvgIpc) is 2.51. The highest BCUT2D eigenvalue weighted by Crippen LogP contribution is 2.34. The molecule has 4 heteroatoms. The summed E-state index contributed by atoms with van der Waals surface area (Å²) in [5.74, 6) is 1.47. The topological polar surface area (TPSA) is 48.1 Å². The van der Waals surface area contributed by atoms with Gasteiger partial charge in [0.15, 0.2) is 0 Å². The highest BCUT2D eigenvalue weighted by molar-refractivity contribution is 6.30. The Balaban J connectivity index is 2.16. The summed E-state index contributed by atoms with van der Waals surface area (Å²) < 4.78 is 6.12. The fraction of sp³-hybridized carbons (Fsp3) is 0.118. The molecule has 1 aromatic heterocycles. The number of aryl methyl sites for hydroxylation is 1. The third-order valence-electron chi connectivity index (χ3n) is 3.38. The van der Waals surface area contributed by atoms with Crippen LogP contribution in [-0.2, 0) is 6.54 Å². The lowest BCUT2D eigenvalue weighted by molar-refractivity contribution is 0.478. The van der Waals surface area contributed by atoms with Gasteiger partial charge in [0.25, 0.3) is 0 Å². The highest BCUT2D eigenvalue weighted by Gasteiger charge is 2.11. The van der Waals surface area contributed by atoms with Crippen molar-refractivity contribution >= 4 is 22.5 Å². The smallest absolute Gasteiger partial charge is 0.142 e. The third-order valence-corrected chi connectivity index (χ3v) is 3.62. The van der Waals surface area contributed by atoms with Crippen LogP contribution in [0.1, 0.15) is 11.1 Å². The minimum atomic E-state index is 0.368. The van der Waals surface area contributed by atoms with Crippen LogP contribution in [-0.4, -0.2) is 4.98 Å². The monoisotopic (exact) mass is 298 g/mol. The van der Waals surface area contributed by atoms with Crippen molar-refractivity contribution < 1.29 is 4.74 Å². The van der Waals surface area contributed by atoms with Gasteiger partial charge in [-0.05, 0) is 36.8 Å². The molecule has 0 saturated carbocycles. The molecule has 0 atom stereocenters. The number of hydrogen-bond donors (Lipinski definition) is 1. The number of aromatic nitrogens is 1. The maximum atomic E-state index is 6.12. The maximum absolute atomic E-state index is 6.12. The molecular formula is C17H15ClN2O. The van der Waals surface area contributed by atoms with E-state index < -0.39 is 0 Å². The summed E-state index contributed by atoms with van der Waals surface area (Å²) in [6.07, 6.45) is 1.76. The van der Waals surface area contributed by atoms with E-state index in [1.807, 2.05) is 49.4 Å². The van der Waals surface area contributed by atoms with Gasteiger partial charge in [-0.1, -0.05) is 29.8 Å². The van der Waals surface area contributed by atoms with Crippen LogP contribution in [0.2, 0.25) is 5.02 Å². The van der Waals surface area contributed by atoms with E-state index in [9.17, 15) is 0 Å². The van der Waals surface area contributed by atoms with E-state index in [0.717, 1.165) is 33.5 Å². The molecule has 0 aliphatic carbocycles. The van der Waals surface area contributed by atoms with Crippen LogP contribution in [0.15, 0.2) is 48.7 Å². The summed E-state index contributed by atoms with van der Waals surface area (Å²) in [5.41, 5.74) is 8.58. The van der Waals surface area contributed by atoms with E-state index in [-0.39, 0.29) is 0 Å². The normalized spacial score (nSPS) is 10.8. The second-order valence-electron chi connectivity index (χ2n) is 4.85. The molecule has 2 aromatic carbocycles. The number of fused-ring (bicyclic) bond motifs is 1. The molecule has 1 heterocycles. The fourth-order valence-electron chi connectivity index (χ4n) is 2.22. The van der Waals surface area contributed by atoms with Crippen LogP contribution in [0.5, 0.6) is 11.5 Å². The standard InChI is InChI=1S/C17H15ClN2O/c1-11-6-7-13(18)8-16(11)21-17-12(9-19)10-20-15-5-3-2-4-14(15)17/h2-8,10H,9,19H2,1H3. The van der Waals surface area contributed by atoms with Crippen molar-refractivity contribution in [1.82, 2.24) is 4.98 Å². The summed E-state index contributed by atoms with van der Waals surface area (Å²) >= 11 is 6.06. The minimum Gasteiger partial charge on any atom is -0.456 e. The van der Waals surface area contributed by atoms with Gasteiger partial charge in [0.05, 0.1) is 5.52 Å². The summed E-state index contributed by atoms with van der Waals surface area (Å²) in [7, 11) is 0. The Kier molecular flexibility index (Phi) is 3.78. The summed E-state index contributed by atoms with van der Waals surface area (Å²) in [4.78, 5) is 4.41. The first kappa shape index (κ1) is 13.9. The number of halogens is 1. The van der Waals surface area contributed by atoms with Gasteiger partial charge in [0.1, 0.15) is 11.5 Å². The van der Waals surface area contributed by atoms with Crippen LogP contribution in [0.3, 0.4) is 0 Å². The van der Waals surface area contributed by atoms with Crippen molar-refractivity contribution in [3.8, 4) is 11.5 Å². The number of benzene rings is 2. The van der Waals surface area contributed by atoms with Gasteiger partial charge in [0.2, 0.25) is 0 Å². The van der Waals surface area contributed by atoms with Gasteiger partial charge >= 0.3 is 0 Å². The Morgan fingerprint density at radius 3 is 2.81 bits per heavy atom. The molecule has 106 valence electrons. The number of ether oxygens (including phenoxy) is 1. The van der Waals surface area contributed by atoms with E-state index in [2.05, 4.69) is 4.98 Å². The molecular weight excluding hydrogens is 284 g/mol. The van der Waals surface area contributed by atoms with Crippen molar-refractivity contribution in [3.05, 3.63) is 64.8 Å². The SMILES string of the molecule is Cc1ccc(Cl)cc1Oc1c(CN)cnc2ccccc12. The van der Waals surface area contributed by atoms with Crippen molar-refractivity contribution in [2.24, 2.45) is 5.73 Å². The van der Waals surface area contributed by atoms with Gasteiger partial charge in [-0.2, -0.15) is 0 Å². The Bertz CT molecular complexity index is 802. The zero-order chi connectivity index (χ0) is 14.8. The van der Waals surface area contributed by atoms with E-state index in [4.69, 9.17) is 22.1 Å². The average molecular weight is 299 g/mol. The molecule has 0 aliphatic rings. The van der Waals surface area contributed by atoms with Crippen molar-refractivity contribution in [3.63, 3.8) is 0 Å². The van der Waals surface area contributed by atoms with Crippen LogP contribution in [0.4, 0.5) is 0 Å². The number of nitrogens with zero attached hydrogens (tertiary/aromatic N) is 1. The molecule has 21 heavy (non-hydrogen) atoms. The van der Waals surface area contributed by atoms with Crippen molar-refractivity contribution in [1.29, 1.82) is 0 Å². The molecule has 0 saturated heterocycles. The minimum absolute atomic E-state index is 0.368. The summed E-state index contributed by atoms with van der Waals surface area (Å²) in [6, 6.07) is 13.4. The molecule has 3 nitrogen and oxygen atoms in total. The van der Waals surface area contributed by atoms with Crippen LogP contribution in [0, 0.1) is 6.92 Å². The first-order chi connectivity index (χ1) is 10.2. The number of para-hydroxylation sites is 1. The van der Waals surface area contributed by atoms with E-state index in [0.29, 0.717) is 11.6 Å². The van der Waals surface area contributed by atoms with Crippen LogP contribution in [0.25, 0.3) is 10.9 Å². The molecule has 0 bridgehead atoms. The van der Waals surface area contributed by atoms with E-state index in [1.54, 1.807) is 6.20 Å². The van der Waals surface area contributed by atoms with Crippen LogP contribution < -0.4 is 10.5 Å². The Morgan fingerprint density at radius 1 is 1.19 bits per heavy atom. The predicted octanol–water partition coefficient (Wildman–Crippen LogP) is 4.45. The Hall–Kier alpha value is -2.10. The summed E-state index contributed by atoms with van der Waals surface area (Å²) in [5, 5.41) is 1.59. The quantitative estimate of drug-likeness (QED) is 0.777. The van der Waals surface area contributed by atoms with Gasteiger partial charge in [0, 0.05) is 28.7 Å². The first-order valence-corrected chi connectivity index (χ1v) is 7.07. The zero-order valence-corrected chi connectivity index (χ0v) is 12.4. The molecule has 0 aliphatic heterocycles. The second-order valence-corrected chi connectivity index (χ2v) is 5.28. The summed E-state index contributed by atoms with van der Waals surface area (Å²) in [6.45, 7) is 2.35.